The van der Waals surface area contributed by atoms with Gasteiger partial charge in [-0.05, 0) is 48.7 Å². The van der Waals surface area contributed by atoms with Gasteiger partial charge in [0.15, 0.2) is 23.2 Å². The van der Waals surface area contributed by atoms with Crippen LogP contribution in [0.1, 0.15) is 61.4 Å². The second kappa shape index (κ2) is 13.8. The van der Waals surface area contributed by atoms with E-state index in [1.165, 1.54) is 67.8 Å². The van der Waals surface area contributed by atoms with Crippen LogP contribution in [0, 0.1) is 24.4 Å². The number of hydrogen-bond acceptors (Lipinski definition) is 3. The van der Waals surface area contributed by atoms with Crippen LogP contribution in [0.2, 0.25) is 0 Å². The molecule has 4 aromatic carbocycles. The van der Waals surface area contributed by atoms with Crippen LogP contribution in [-0.4, -0.2) is 12.6 Å². The Kier molecular flexibility index (Phi) is 10.0. The number of esters is 1. The number of halogens is 3. The molecular weight excluding hydrogens is 513 g/mol. The lowest BCUT2D eigenvalue weighted by Crippen LogP contribution is -2.09. The lowest BCUT2D eigenvalue weighted by molar-refractivity contribution is 0.0734. The Morgan fingerprint density at radius 1 is 0.700 bits per heavy atom. The summed E-state index contributed by atoms with van der Waals surface area (Å²) in [5.41, 5.74) is 2.45. The number of aryl methyl sites for hydroxylation is 1. The first-order valence-corrected chi connectivity index (χ1v) is 13.7. The van der Waals surface area contributed by atoms with Crippen LogP contribution in [0.3, 0.4) is 0 Å². The first-order valence-electron chi connectivity index (χ1n) is 13.7. The summed E-state index contributed by atoms with van der Waals surface area (Å²) in [4.78, 5) is 12.6. The summed E-state index contributed by atoms with van der Waals surface area (Å²) >= 11 is 0. The Labute approximate surface area is 233 Å². The zero-order valence-corrected chi connectivity index (χ0v) is 22.8. The van der Waals surface area contributed by atoms with E-state index in [9.17, 15) is 18.0 Å². The molecule has 0 radical (unpaired) electrons. The van der Waals surface area contributed by atoms with Gasteiger partial charge in [0.2, 0.25) is 0 Å². The Hall–Kier alpha value is -4.06. The van der Waals surface area contributed by atoms with E-state index in [1.54, 1.807) is 12.1 Å². The van der Waals surface area contributed by atoms with Gasteiger partial charge in [-0.3, -0.25) is 0 Å². The van der Waals surface area contributed by atoms with Crippen molar-refractivity contribution in [1.82, 2.24) is 0 Å². The zero-order valence-electron chi connectivity index (χ0n) is 22.8. The molecule has 40 heavy (non-hydrogen) atoms. The number of carbonyl (C=O) groups excluding carboxylic acids is 1. The molecule has 0 atom stereocenters. The minimum atomic E-state index is -0.970. The molecule has 4 aromatic rings. The third kappa shape index (κ3) is 7.32. The Balaban J connectivity index is 1.36. The van der Waals surface area contributed by atoms with Crippen LogP contribution >= 0.6 is 0 Å². The number of ether oxygens (including phenoxy) is 2. The van der Waals surface area contributed by atoms with Gasteiger partial charge in [-0.2, -0.15) is 0 Å². The summed E-state index contributed by atoms with van der Waals surface area (Å²) in [7, 11) is 0. The van der Waals surface area contributed by atoms with Gasteiger partial charge in [-0.1, -0.05) is 93.1 Å². The number of unbranched alkanes of at least 4 members (excludes halogenated alkanes) is 5. The topological polar surface area (TPSA) is 35.5 Å². The predicted octanol–water partition coefficient (Wildman–Crippen LogP) is 9.70. The number of benzene rings is 4. The van der Waals surface area contributed by atoms with Crippen molar-refractivity contribution in [2.75, 3.05) is 6.61 Å². The highest BCUT2D eigenvalue weighted by molar-refractivity contribution is 5.91. The van der Waals surface area contributed by atoms with Gasteiger partial charge >= 0.3 is 5.97 Å². The molecule has 0 amide bonds. The molecular formula is C34H33F3O3. The van der Waals surface area contributed by atoms with Crippen molar-refractivity contribution in [3.05, 3.63) is 107 Å². The van der Waals surface area contributed by atoms with Crippen molar-refractivity contribution in [1.29, 1.82) is 0 Å². The van der Waals surface area contributed by atoms with Gasteiger partial charge in [0.25, 0.3) is 0 Å². The van der Waals surface area contributed by atoms with Crippen LogP contribution in [-0.2, 0) is 0 Å². The first kappa shape index (κ1) is 28.9. The van der Waals surface area contributed by atoms with Crippen LogP contribution < -0.4 is 9.47 Å². The molecule has 0 aliphatic rings. The van der Waals surface area contributed by atoms with Gasteiger partial charge in [-0.15, -0.1) is 0 Å². The summed E-state index contributed by atoms with van der Waals surface area (Å²) in [5.74, 6) is -3.07. The Morgan fingerprint density at radius 2 is 1.27 bits per heavy atom. The fourth-order valence-corrected chi connectivity index (χ4v) is 4.41. The second-order valence-corrected chi connectivity index (χ2v) is 9.83. The monoisotopic (exact) mass is 546 g/mol. The van der Waals surface area contributed by atoms with E-state index in [0.717, 1.165) is 30.9 Å². The van der Waals surface area contributed by atoms with E-state index in [1.807, 2.05) is 19.1 Å². The summed E-state index contributed by atoms with van der Waals surface area (Å²) in [5, 5.41) is 0. The van der Waals surface area contributed by atoms with Crippen molar-refractivity contribution >= 4 is 5.97 Å². The normalized spacial score (nSPS) is 10.9. The van der Waals surface area contributed by atoms with Gasteiger partial charge in [0, 0.05) is 17.2 Å². The number of carbonyl (C=O) groups is 1. The van der Waals surface area contributed by atoms with E-state index in [-0.39, 0.29) is 28.2 Å². The molecule has 0 aromatic heterocycles. The summed E-state index contributed by atoms with van der Waals surface area (Å²) in [6, 6.07) is 20.2. The smallest absolute Gasteiger partial charge is 0.343 e. The highest BCUT2D eigenvalue weighted by Crippen LogP contribution is 2.32. The molecule has 0 unspecified atom stereocenters. The molecule has 0 saturated carbocycles. The maximum atomic E-state index is 15.0. The molecule has 0 spiro atoms. The molecule has 0 saturated heterocycles. The number of rotatable bonds is 12. The summed E-state index contributed by atoms with van der Waals surface area (Å²) < 4.78 is 55.2. The maximum Gasteiger partial charge on any atom is 0.343 e. The summed E-state index contributed by atoms with van der Waals surface area (Å²) in [6.07, 6.45) is 6.64. The second-order valence-electron chi connectivity index (χ2n) is 9.83. The third-order valence-corrected chi connectivity index (χ3v) is 6.75. The van der Waals surface area contributed by atoms with Crippen molar-refractivity contribution in [2.45, 2.75) is 52.4 Å². The molecule has 0 N–H and O–H groups in total. The molecule has 0 bridgehead atoms. The van der Waals surface area contributed by atoms with Crippen LogP contribution in [0.5, 0.6) is 11.5 Å². The van der Waals surface area contributed by atoms with E-state index >= 15 is 0 Å². The number of hydrogen-bond donors (Lipinski definition) is 0. The molecule has 0 aliphatic carbocycles. The quantitative estimate of drug-likeness (QED) is 0.101. The Bertz CT molecular complexity index is 1430. The average Bonchev–Trinajstić information content (AvgIpc) is 2.96. The molecule has 208 valence electrons. The zero-order chi connectivity index (χ0) is 28.5. The van der Waals surface area contributed by atoms with Crippen molar-refractivity contribution < 1.29 is 27.4 Å². The van der Waals surface area contributed by atoms with E-state index in [4.69, 9.17) is 9.47 Å². The lowest BCUT2D eigenvalue weighted by atomic mass is 9.98. The third-order valence-electron chi connectivity index (χ3n) is 6.75. The van der Waals surface area contributed by atoms with Crippen LogP contribution in [0.15, 0.2) is 78.9 Å². The maximum absolute atomic E-state index is 15.0. The van der Waals surface area contributed by atoms with Crippen LogP contribution in [0.4, 0.5) is 13.2 Å². The summed E-state index contributed by atoms with van der Waals surface area (Å²) in [6.45, 7) is 4.51. The molecule has 4 rings (SSSR count). The Morgan fingerprint density at radius 3 is 1.88 bits per heavy atom. The highest BCUT2D eigenvalue weighted by Gasteiger charge is 2.17. The van der Waals surface area contributed by atoms with E-state index in [2.05, 4.69) is 6.92 Å². The molecule has 0 heterocycles. The van der Waals surface area contributed by atoms with Crippen molar-refractivity contribution in [2.24, 2.45) is 0 Å². The first-order chi connectivity index (χ1) is 19.4. The van der Waals surface area contributed by atoms with Crippen LogP contribution in [0.25, 0.3) is 22.3 Å². The van der Waals surface area contributed by atoms with Gasteiger partial charge in [0.05, 0.1) is 12.2 Å². The SMILES string of the molecule is CCCCCCCCOc1ccc(OC(=O)c2ccc(-c3ccc(-c4ccc(C)cc4)c(F)c3F)cc2)cc1F. The molecule has 6 heteroatoms. The molecule has 0 fully saturated rings. The average molecular weight is 547 g/mol. The lowest BCUT2D eigenvalue weighted by Gasteiger charge is -2.11. The predicted molar refractivity (Wildman–Crippen MR) is 152 cm³/mol. The van der Waals surface area contributed by atoms with Crippen molar-refractivity contribution in [3.63, 3.8) is 0 Å². The molecule has 3 nitrogen and oxygen atoms in total. The van der Waals surface area contributed by atoms with Gasteiger partial charge in [0.1, 0.15) is 5.75 Å². The minimum Gasteiger partial charge on any atom is -0.491 e. The molecule has 0 aliphatic heterocycles. The standard InChI is InChI=1S/C34H33F3O3/c1-3-4-5-6-7-8-21-39-31-20-17-27(22-30(31)35)40-34(38)26-15-13-25(14-16-26)29-19-18-28(32(36)33(29)37)24-11-9-23(2)10-12-24/h9-20,22H,3-8,21H2,1-2H3. The van der Waals surface area contributed by atoms with Gasteiger partial charge < -0.3 is 9.47 Å². The van der Waals surface area contributed by atoms with E-state index in [0.29, 0.717) is 17.7 Å². The van der Waals surface area contributed by atoms with Gasteiger partial charge in [-0.25, -0.2) is 18.0 Å². The fraction of sp³-hybridized carbons (Fsp3) is 0.265. The van der Waals surface area contributed by atoms with E-state index < -0.39 is 23.4 Å². The largest absolute Gasteiger partial charge is 0.491 e. The van der Waals surface area contributed by atoms with Crippen molar-refractivity contribution in [3.8, 4) is 33.8 Å². The fourth-order valence-electron chi connectivity index (χ4n) is 4.41. The highest BCUT2D eigenvalue weighted by atomic mass is 19.2. The minimum absolute atomic E-state index is 0.0401.